The largest absolute Gasteiger partial charge is 0.469 e. The first-order chi connectivity index (χ1) is 7.15. The van der Waals surface area contributed by atoms with Crippen molar-refractivity contribution in [1.82, 2.24) is 4.98 Å². The number of rotatable bonds is 2. The Bertz CT molecular complexity index is 404. The average molecular weight is 206 g/mol. The lowest BCUT2D eigenvalue weighted by Crippen LogP contribution is -2.05. The number of pyridine rings is 1. The van der Waals surface area contributed by atoms with Gasteiger partial charge in [-0.1, -0.05) is 0 Å². The van der Waals surface area contributed by atoms with Gasteiger partial charge in [0.25, 0.3) is 0 Å². The molecule has 0 aliphatic heterocycles. The third-order valence-corrected chi connectivity index (χ3v) is 2.99. The molecular formula is C11H14N2O2. The van der Waals surface area contributed by atoms with Crippen molar-refractivity contribution in [3.63, 3.8) is 0 Å². The van der Waals surface area contributed by atoms with E-state index >= 15 is 0 Å². The molecule has 1 aliphatic rings. The highest BCUT2D eigenvalue weighted by atomic mass is 16.5. The van der Waals surface area contributed by atoms with Crippen LogP contribution < -0.4 is 5.73 Å². The summed E-state index contributed by atoms with van der Waals surface area (Å²) in [5.74, 6) is 0.104. The summed E-state index contributed by atoms with van der Waals surface area (Å²) in [7, 11) is 1.42. The van der Waals surface area contributed by atoms with E-state index in [2.05, 4.69) is 4.98 Å². The number of nitrogen functional groups attached to an aromatic ring is 1. The zero-order valence-electron chi connectivity index (χ0n) is 8.86. The number of ether oxygens (including phenoxy) is 1. The molecule has 2 N–H and O–H groups in total. The van der Waals surface area contributed by atoms with Gasteiger partial charge < -0.3 is 10.5 Å². The summed E-state index contributed by atoms with van der Waals surface area (Å²) in [6.45, 7) is 1.96. The molecule has 1 aromatic rings. The number of hydrogen-bond donors (Lipinski definition) is 1. The van der Waals surface area contributed by atoms with Gasteiger partial charge in [0.2, 0.25) is 0 Å². The van der Waals surface area contributed by atoms with Crippen molar-refractivity contribution in [3.05, 3.63) is 23.5 Å². The van der Waals surface area contributed by atoms with Crippen LogP contribution in [0.25, 0.3) is 0 Å². The minimum Gasteiger partial charge on any atom is -0.469 e. The topological polar surface area (TPSA) is 65.2 Å². The van der Waals surface area contributed by atoms with Crippen LogP contribution in [0.4, 0.5) is 5.69 Å². The monoisotopic (exact) mass is 206 g/mol. The van der Waals surface area contributed by atoms with Crippen LogP contribution >= 0.6 is 0 Å². The molecule has 1 saturated carbocycles. The van der Waals surface area contributed by atoms with Gasteiger partial charge in [0.1, 0.15) is 0 Å². The Morgan fingerprint density at radius 3 is 3.00 bits per heavy atom. The Hall–Kier alpha value is -1.58. The van der Waals surface area contributed by atoms with Gasteiger partial charge >= 0.3 is 5.97 Å². The number of carbonyl (C=O) groups is 1. The van der Waals surface area contributed by atoms with Crippen LogP contribution in [-0.2, 0) is 9.53 Å². The molecule has 2 atom stereocenters. The second-order valence-corrected chi connectivity index (χ2v) is 3.91. The normalized spacial score (nSPS) is 23.6. The molecule has 4 nitrogen and oxygen atoms in total. The van der Waals surface area contributed by atoms with E-state index in [0.29, 0.717) is 5.69 Å². The number of esters is 1. The SMILES string of the molecule is COC(=O)[C@H]1C[C@@H]1c1cncc(N)c1C. The number of carbonyl (C=O) groups excluding carboxylic acids is 1. The quantitative estimate of drug-likeness (QED) is 0.739. The van der Waals surface area contributed by atoms with Gasteiger partial charge in [-0.3, -0.25) is 9.78 Å². The molecule has 1 heterocycles. The average Bonchev–Trinajstić information content (AvgIpc) is 3.01. The van der Waals surface area contributed by atoms with Crippen LogP contribution in [0.1, 0.15) is 23.5 Å². The maximum absolute atomic E-state index is 11.3. The first kappa shape index (κ1) is 9.96. The number of methoxy groups -OCH3 is 1. The molecule has 0 saturated heterocycles. The van der Waals surface area contributed by atoms with E-state index in [1.165, 1.54) is 7.11 Å². The smallest absolute Gasteiger partial charge is 0.309 e. The van der Waals surface area contributed by atoms with E-state index in [1.54, 1.807) is 12.4 Å². The van der Waals surface area contributed by atoms with Crippen molar-refractivity contribution < 1.29 is 9.53 Å². The predicted molar refractivity (Wildman–Crippen MR) is 56.3 cm³/mol. The molecule has 0 unspecified atom stereocenters. The molecule has 0 spiro atoms. The second-order valence-electron chi connectivity index (χ2n) is 3.91. The van der Waals surface area contributed by atoms with Crippen LogP contribution in [0.15, 0.2) is 12.4 Å². The van der Waals surface area contributed by atoms with E-state index in [-0.39, 0.29) is 17.8 Å². The molecule has 0 aromatic carbocycles. The molecular weight excluding hydrogens is 192 g/mol. The number of anilines is 1. The molecule has 0 radical (unpaired) electrons. The van der Waals surface area contributed by atoms with Crippen molar-refractivity contribution in [3.8, 4) is 0 Å². The lowest BCUT2D eigenvalue weighted by molar-refractivity contribution is -0.142. The van der Waals surface area contributed by atoms with E-state index in [1.807, 2.05) is 6.92 Å². The Labute approximate surface area is 88.4 Å². The zero-order chi connectivity index (χ0) is 11.0. The van der Waals surface area contributed by atoms with Gasteiger partial charge in [-0.25, -0.2) is 0 Å². The van der Waals surface area contributed by atoms with Crippen molar-refractivity contribution in [2.75, 3.05) is 12.8 Å². The summed E-state index contributed by atoms with van der Waals surface area (Å²) < 4.78 is 4.71. The molecule has 15 heavy (non-hydrogen) atoms. The summed E-state index contributed by atoms with van der Waals surface area (Å²) in [6, 6.07) is 0. The summed E-state index contributed by atoms with van der Waals surface area (Å²) in [5, 5.41) is 0. The fourth-order valence-corrected chi connectivity index (χ4v) is 1.88. The van der Waals surface area contributed by atoms with Crippen LogP contribution in [0, 0.1) is 12.8 Å². The van der Waals surface area contributed by atoms with E-state index in [4.69, 9.17) is 10.5 Å². The lowest BCUT2D eigenvalue weighted by atomic mass is 10.0. The fraction of sp³-hybridized carbons (Fsp3) is 0.455. The van der Waals surface area contributed by atoms with Gasteiger partial charge in [-0.2, -0.15) is 0 Å². The molecule has 4 heteroatoms. The highest BCUT2D eigenvalue weighted by Gasteiger charge is 2.45. The molecule has 1 fully saturated rings. The van der Waals surface area contributed by atoms with Crippen molar-refractivity contribution in [2.45, 2.75) is 19.3 Å². The Morgan fingerprint density at radius 2 is 2.33 bits per heavy atom. The van der Waals surface area contributed by atoms with Crippen LogP contribution in [0.2, 0.25) is 0 Å². The Balaban J connectivity index is 2.20. The maximum Gasteiger partial charge on any atom is 0.309 e. The maximum atomic E-state index is 11.3. The highest BCUT2D eigenvalue weighted by Crippen LogP contribution is 2.49. The summed E-state index contributed by atoms with van der Waals surface area (Å²) in [6.07, 6.45) is 4.27. The number of aromatic nitrogens is 1. The first-order valence-corrected chi connectivity index (χ1v) is 4.93. The number of nitrogens with two attached hydrogens (primary N) is 1. The third-order valence-electron chi connectivity index (χ3n) is 2.99. The van der Waals surface area contributed by atoms with Gasteiger partial charge in [-0.15, -0.1) is 0 Å². The van der Waals surface area contributed by atoms with Crippen molar-refractivity contribution in [2.24, 2.45) is 5.92 Å². The van der Waals surface area contributed by atoms with Crippen LogP contribution in [0.3, 0.4) is 0 Å². The van der Waals surface area contributed by atoms with Gasteiger partial charge in [0.05, 0.1) is 24.9 Å². The summed E-state index contributed by atoms with van der Waals surface area (Å²) in [5.41, 5.74) is 8.55. The van der Waals surface area contributed by atoms with Gasteiger partial charge in [0, 0.05) is 6.20 Å². The predicted octanol–water partition coefficient (Wildman–Crippen LogP) is 1.25. The zero-order valence-corrected chi connectivity index (χ0v) is 8.86. The molecule has 0 bridgehead atoms. The first-order valence-electron chi connectivity index (χ1n) is 4.93. The van der Waals surface area contributed by atoms with E-state index < -0.39 is 0 Å². The van der Waals surface area contributed by atoms with Crippen molar-refractivity contribution in [1.29, 1.82) is 0 Å². The Morgan fingerprint density at radius 1 is 1.60 bits per heavy atom. The van der Waals surface area contributed by atoms with Gasteiger partial charge in [-0.05, 0) is 30.4 Å². The van der Waals surface area contributed by atoms with E-state index in [0.717, 1.165) is 17.5 Å². The highest BCUT2D eigenvalue weighted by molar-refractivity contribution is 5.77. The lowest BCUT2D eigenvalue weighted by Gasteiger charge is -2.06. The minimum absolute atomic E-state index is 0.00250. The van der Waals surface area contributed by atoms with Crippen LogP contribution in [-0.4, -0.2) is 18.1 Å². The van der Waals surface area contributed by atoms with E-state index in [9.17, 15) is 4.79 Å². The molecule has 2 rings (SSSR count). The van der Waals surface area contributed by atoms with Crippen LogP contribution in [0.5, 0.6) is 0 Å². The Kier molecular flexibility index (Phi) is 2.34. The van der Waals surface area contributed by atoms with Crippen molar-refractivity contribution >= 4 is 11.7 Å². The fourth-order valence-electron chi connectivity index (χ4n) is 1.88. The third kappa shape index (κ3) is 1.67. The summed E-state index contributed by atoms with van der Waals surface area (Å²) >= 11 is 0. The molecule has 1 aliphatic carbocycles. The number of hydrogen-bond acceptors (Lipinski definition) is 4. The molecule has 80 valence electrons. The summed E-state index contributed by atoms with van der Waals surface area (Å²) in [4.78, 5) is 15.3. The molecule has 1 aromatic heterocycles. The van der Waals surface area contributed by atoms with Gasteiger partial charge in [0.15, 0.2) is 0 Å². The number of nitrogens with zero attached hydrogens (tertiary/aromatic N) is 1. The minimum atomic E-state index is -0.137. The second kappa shape index (κ2) is 3.53. The molecule has 0 amide bonds. The standard InChI is InChI=1S/C11H14N2O2/c1-6-9(4-13-5-10(6)12)7-3-8(7)11(14)15-2/h4-5,7-8H,3,12H2,1-2H3/t7-,8-/m0/s1.